The minimum absolute atomic E-state index is 0.694. The van der Waals surface area contributed by atoms with E-state index >= 15 is 0 Å². The molecule has 3 aromatic rings. The first kappa shape index (κ1) is 13.1. The molecule has 4 nitrogen and oxygen atoms in total. The maximum Gasteiger partial charge on any atom is 0.195 e. The molecule has 20 heavy (non-hydrogen) atoms. The molecule has 0 fully saturated rings. The average Bonchev–Trinajstić information content (AvgIpc) is 2.95. The van der Waals surface area contributed by atoms with Gasteiger partial charge in [-0.05, 0) is 29.8 Å². The molecular formula is C14H11ClN4S. The van der Waals surface area contributed by atoms with E-state index in [2.05, 4.69) is 15.2 Å². The number of pyridine rings is 1. The predicted molar refractivity (Wildman–Crippen MR) is 80.2 cm³/mol. The lowest BCUT2D eigenvalue weighted by molar-refractivity contribution is 0.883. The first-order chi connectivity index (χ1) is 9.83. The molecule has 0 N–H and O–H groups in total. The van der Waals surface area contributed by atoms with E-state index in [1.807, 2.05) is 47.2 Å². The molecule has 0 aliphatic rings. The van der Waals surface area contributed by atoms with Gasteiger partial charge in [0.25, 0.3) is 0 Å². The van der Waals surface area contributed by atoms with Crippen LogP contribution in [-0.4, -0.2) is 19.7 Å². The Kier molecular flexibility index (Phi) is 3.99. The van der Waals surface area contributed by atoms with E-state index in [0.717, 1.165) is 22.2 Å². The Bertz CT molecular complexity index is 699. The van der Waals surface area contributed by atoms with Crippen LogP contribution >= 0.6 is 23.4 Å². The first-order valence-electron chi connectivity index (χ1n) is 6.00. The molecule has 0 aliphatic carbocycles. The molecule has 0 amide bonds. The van der Waals surface area contributed by atoms with Crippen molar-refractivity contribution in [2.45, 2.75) is 10.9 Å². The monoisotopic (exact) mass is 302 g/mol. The largest absolute Gasteiger partial charge is 0.277 e. The first-order valence-corrected chi connectivity index (χ1v) is 7.37. The van der Waals surface area contributed by atoms with Crippen LogP contribution in [0.5, 0.6) is 0 Å². The summed E-state index contributed by atoms with van der Waals surface area (Å²) >= 11 is 7.63. The van der Waals surface area contributed by atoms with Crippen molar-refractivity contribution >= 4 is 23.4 Å². The molecule has 0 unspecified atom stereocenters. The van der Waals surface area contributed by atoms with E-state index < -0.39 is 0 Å². The van der Waals surface area contributed by atoms with Crippen LogP contribution in [0, 0.1) is 0 Å². The van der Waals surface area contributed by atoms with Crippen LogP contribution in [0.25, 0.3) is 5.69 Å². The molecule has 3 rings (SSSR count). The van der Waals surface area contributed by atoms with Gasteiger partial charge in [0.15, 0.2) is 5.16 Å². The molecule has 2 heterocycles. The van der Waals surface area contributed by atoms with Crippen LogP contribution in [0.2, 0.25) is 5.02 Å². The highest BCUT2D eigenvalue weighted by Crippen LogP contribution is 2.24. The fourth-order valence-corrected chi connectivity index (χ4v) is 2.80. The Hall–Kier alpha value is -1.85. The zero-order valence-electron chi connectivity index (χ0n) is 10.5. The summed E-state index contributed by atoms with van der Waals surface area (Å²) in [7, 11) is 0. The molecule has 0 saturated carbocycles. The van der Waals surface area contributed by atoms with Gasteiger partial charge < -0.3 is 0 Å². The SMILES string of the molecule is Clc1cccc(-n2cnnc2SCc2cccnc2)c1. The molecule has 1 aromatic carbocycles. The second kappa shape index (κ2) is 6.07. The number of benzene rings is 1. The molecule has 0 atom stereocenters. The topological polar surface area (TPSA) is 43.6 Å². The number of hydrogen-bond donors (Lipinski definition) is 0. The van der Waals surface area contributed by atoms with Gasteiger partial charge in [0, 0.05) is 23.2 Å². The molecule has 2 aromatic heterocycles. The van der Waals surface area contributed by atoms with Crippen LogP contribution in [-0.2, 0) is 5.75 Å². The summed E-state index contributed by atoms with van der Waals surface area (Å²) in [4.78, 5) is 4.10. The Morgan fingerprint density at radius 3 is 2.95 bits per heavy atom. The van der Waals surface area contributed by atoms with Gasteiger partial charge in [0.2, 0.25) is 0 Å². The van der Waals surface area contributed by atoms with Gasteiger partial charge in [-0.25, -0.2) is 0 Å². The van der Waals surface area contributed by atoms with Crippen molar-refractivity contribution in [3.05, 3.63) is 65.7 Å². The molecule has 0 aliphatic heterocycles. The number of aromatic nitrogens is 4. The summed E-state index contributed by atoms with van der Waals surface area (Å²) < 4.78 is 1.92. The molecule has 0 saturated heterocycles. The Balaban J connectivity index is 1.80. The highest BCUT2D eigenvalue weighted by molar-refractivity contribution is 7.98. The van der Waals surface area contributed by atoms with Gasteiger partial charge in [0.05, 0.1) is 5.69 Å². The Morgan fingerprint density at radius 2 is 2.15 bits per heavy atom. The maximum absolute atomic E-state index is 6.02. The van der Waals surface area contributed by atoms with Crippen molar-refractivity contribution in [3.8, 4) is 5.69 Å². The summed E-state index contributed by atoms with van der Waals surface area (Å²) in [5, 5.41) is 9.65. The third kappa shape index (κ3) is 3.00. The van der Waals surface area contributed by atoms with Gasteiger partial charge in [-0.1, -0.05) is 35.5 Å². The van der Waals surface area contributed by atoms with E-state index in [9.17, 15) is 0 Å². The van der Waals surface area contributed by atoms with Crippen molar-refractivity contribution < 1.29 is 0 Å². The van der Waals surface area contributed by atoms with E-state index in [1.54, 1.807) is 24.3 Å². The number of thioether (sulfide) groups is 1. The number of hydrogen-bond acceptors (Lipinski definition) is 4. The van der Waals surface area contributed by atoms with Crippen molar-refractivity contribution in [2.75, 3.05) is 0 Å². The minimum Gasteiger partial charge on any atom is -0.277 e. The zero-order valence-corrected chi connectivity index (χ0v) is 12.1. The average molecular weight is 303 g/mol. The van der Waals surface area contributed by atoms with Gasteiger partial charge in [-0.15, -0.1) is 10.2 Å². The standard InChI is InChI=1S/C14H11ClN4S/c15-12-4-1-5-13(7-12)19-10-17-18-14(19)20-9-11-3-2-6-16-8-11/h1-8,10H,9H2. The lowest BCUT2D eigenvalue weighted by Gasteiger charge is -2.06. The molecule has 0 radical (unpaired) electrons. The molecule has 0 spiro atoms. The second-order valence-corrected chi connectivity index (χ2v) is 5.49. The van der Waals surface area contributed by atoms with E-state index in [0.29, 0.717) is 5.02 Å². The molecule has 100 valence electrons. The minimum atomic E-state index is 0.694. The van der Waals surface area contributed by atoms with E-state index in [4.69, 9.17) is 11.6 Å². The number of nitrogens with zero attached hydrogens (tertiary/aromatic N) is 4. The third-order valence-electron chi connectivity index (χ3n) is 2.69. The maximum atomic E-state index is 6.02. The summed E-state index contributed by atoms with van der Waals surface area (Å²) in [6.07, 6.45) is 5.31. The lowest BCUT2D eigenvalue weighted by Crippen LogP contribution is -1.95. The normalized spacial score (nSPS) is 10.7. The van der Waals surface area contributed by atoms with Gasteiger partial charge in [0.1, 0.15) is 6.33 Å². The number of rotatable bonds is 4. The predicted octanol–water partition coefficient (Wildman–Crippen LogP) is 3.61. The summed E-state index contributed by atoms with van der Waals surface area (Å²) in [5.41, 5.74) is 2.11. The van der Waals surface area contributed by atoms with Gasteiger partial charge in [-0.2, -0.15) is 0 Å². The van der Waals surface area contributed by atoms with Crippen LogP contribution in [0.4, 0.5) is 0 Å². The van der Waals surface area contributed by atoms with Crippen LogP contribution in [0.3, 0.4) is 0 Å². The van der Waals surface area contributed by atoms with Crippen LogP contribution < -0.4 is 0 Å². The molecule has 0 bridgehead atoms. The van der Waals surface area contributed by atoms with E-state index in [-0.39, 0.29) is 0 Å². The Labute approximate surface area is 125 Å². The van der Waals surface area contributed by atoms with Gasteiger partial charge in [-0.3, -0.25) is 9.55 Å². The second-order valence-electron chi connectivity index (χ2n) is 4.11. The van der Waals surface area contributed by atoms with Crippen molar-refractivity contribution in [1.82, 2.24) is 19.7 Å². The lowest BCUT2D eigenvalue weighted by atomic mass is 10.3. The van der Waals surface area contributed by atoms with Gasteiger partial charge >= 0.3 is 0 Å². The molecular weight excluding hydrogens is 292 g/mol. The molecule has 6 heteroatoms. The smallest absolute Gasteiger partial charge is 0.195 e. The van der Waals surface area contributed by atoms with Crippen molar-refractivity contribution in [2.24, 2.45) is 0 Å². The van der Waals surface area contributed by atoms with Crippen molar-refractivity contribution in [3.63, 3.8) is 0 Å². The summed E-state index contributed by atoms with van der Waals surface area (Å²) in [6.45, 7) is 0. The highest BCUT2D eigenvalue weighted by atomic mass is 35.5. The van der Waals surface area contributed by atoms with E-state index in [1.165, 1.54) is 0 Å². The number of halogens is 1. The fourth-order valence-electron chi connectivity index (χ4n) is 1.76. The quantitative estimate of drug-likeness (QED) is 0.691. The zero-order chi connectivity index (χ0) is 13.8. The van der Waals surface area contributed by atoms with Crippen LogP contribution in [0.15, 0.2) is 60.3 Å². The highest BCUT2D eigenvalue weighted by Gasteiger charge is 2.07. The van der Waals surface area contributed by atoms with Crippen LogP contribution in [0.1, 0.15) is 5.56 Å². The Morgan fingerprint density at radius 1 is 1.20 bits per heavy atom. The summed E-state index contributed by atoms with van der Waals surface area (Å²) in [6, 6.07) is 11.6. The fraction of sp³-hybridized carbons (Fsp3) is 0.0714. The summed E-state index contributed by atoms with van der Waals surface area (Å²) in [5.74, 6) is 0.799. The van der Waals surface area contributed by atoms with Crippen molar-refractivity contribution in [1.29, 1.82) is 0 Å². The third-order valence-corrected chi connectivity index (χ3v) is 3.94.